The summed E-state index contributed by atoms with van der Waals surface area (Å²) in [6.45, 7) is 3.03. The summed E-state index contributed by atoms with van der Waals surface area (Å²) in [5, 5.41) is 0. The molecule has 0 radical (unpaired) electrons. The molecule has 1 aromatic carbocycles. The lowest BCUT2D eigenvalue weighted by molar-refractivity contribution is 0.153. The zero-order valence-electron chi connectivity index (χ0n) is 10.9. The molecule has 0 saturated heterocycles. The molecule has 0 bridgehead atoms. The molecule has 1 saturated carbocycles. The van der Waals surface area contributed by atoms with Crippen LogP contribution in [-0.2, 0) is 6.42 Å². The topological polar surface area (TPSA) is 26.0 Å². The molecule has 2 unspecified atom stereocenters. The van der Waals surface area contributed by atoms with Crippen LogP contribution in [0, 0.1) is 17.2 Å². The Morgan fingerprint density at radius 2 is 2.28 bits per heavy atom. The summed E-state index contributed by atoms with van der Waals surface area (Å²) in [4.78, 5) is 0. The monoisotopic (exact) mass is 313 g/mol. The van der Waals surface area contributed by atoms with Gasteiger partial charge in [0.1, 0.15) is 5.82 Å². The first-order chi connectivity index (χ1) is 8.54. The number of nitrogens with two attached hydrogens (primary N) is 1. The van der Waals surface area contributed by atoms with Crippen molar-refractivity contribution in [1.29, 1.82) is 0 Å². The highest BCUT2D eigenvalue weighted by molar-refractivity contribution is 9.10. The normalized spacial score (nSPS) is 28.3. The summed E-state index contributed by atoms with van der Waals surface area (Å²) in [7, 11) is 0. The Bertz CT molecular complexity index is 421. The average molecular weight is 314 g/mol. The van der Waals surface area contributed by atoms with Gasteiger partial charge >= 0.3 is 0 Å². The minimum atomic E-state index is -0.190. The van der Waals surface area contributed by atoms with Gasteiger partial charge in [-0.15, -0.1) is 0 Å². The summed E-state index contributed by atoms with van der Waals surface area (Å²) in [6, 6.07) is 4.97. The Labute approximate surface area is 117 Å². The van der Waals surface area contributed by atoms with Crippen molar-refractivity contribution in [3.8, 4) is 0 Å². The molecule has 1 aromatic rings. The maximum atomic E-state index is 13.1. The minimum absolute atomic E-state index is 0.190. The van der Waals surface area contributed by atoms with Crippen molar-refractivity contribution < 1.29 is 4.39 Å². The number of halogens is 2. The van der Waals surface area contributed by atoms with E-state index in [1.54, 1.807) is 6.07 Å². The molecule has 1 aliphatic rings. The predicted molar refractivity (Wildman–Crippen MR) is 76.9 cm³/mol. The van der Waals surface area contributed by atoms with Crippen molar-refractivity contribution >= 4 is 15.9 Å². The molecule has 1 fully saturated rings. The largest absolute Gasteiger partial charge is 0.330 e. The third-order valence-electron chi connectivity index (χ3n) is 4.20. The highest BCUT2D eigenvalue weighted by atomic mass is 79.9. The van der Waals surface area contributed by atoms with E-state index in [1.807, 2.05) is 6.07 Å². The highest BCUT2D eigenvalue weighted by Gasteiger charge is 2.34. The second kappa shape index (κ2) is 5.70. The Morgan fingerprint density at radius 3 is 2.89 bits per heavy atom. The van der Waals surface area contributed by atoms with Gasteiger partial charge in [-0.05, 0) is 54.8 Å². The maximum absolute atomic E-state index is 13.1. The van der Waals surface area contributed by atoms with Gasteiger partial charge in [0.2, 0.25) is 0 Å². The van der Waals surface area contributed by atoms with Crippen LogP contribution in [-0.4, -0.2) is 6.54 Å². The molecule has 2 N–H and O–H groups in total. The van der Waals surface area contributed by atoms with E-state index in [0.29, 0.717) is 0 Å². The SMILES string of the molecule is CC1CCCC(CN)(Cc2ccc(F)cc2Br)C1. The van der Waals surface area contributed by atoms with E-state index in [-0.39, 0.29) is 11.2 Å². The molecular formula is C15H21BrFN. The zero-order chi connectivity index (χ0) is 13.2. The number of hydrogen-bond acceptors (Lipinski definition) is 1. The van der Waals surface area contributed by atoms with Gasteiger partial charge in [0, 0.05) is 4.47 Å². The van der Waals surface area contributed by atoms with E-state index in [4.69, 9.17) is 5.73 Å². The van der Waals surface area contributed by atoms with Crippen LogP contribution in [0.25, 0.3) is 0 Å². The third kappa shape index (κ3) is 3.12. The Kier molecular flexibility index (Phi) is 4.44. The highest BCUT2D eigenvalue weighted by Crippen LogP contribution is 2.42. The van der Waals surface area contributed by atoms with Crippen molar-refractivity contribution in [2.24, 2.45) is 17.1 Å². The second-order valence-electron chi connectivity index (χ2n) is 5.82. The average Bonchev–Trinajstić information content (AvgIpc) is 2.33. The smallest absolute Gasteiger partial charge is 0.124 e. The summed E-state index contributed by atoms with van der Waals surface area (Å²) in [5.41, 5.74) is 7.42. The lowest BCUT2D eigenvalue weighted by Gasteiger charge is -2.39. The first-order valence-corrected chi connectivity index (χ1v) is 7.48. The fourth-order valence-electron chi connectivity index (χ4n) is 3.26. The summed E-state index contributed by atoms with van der Waals surface area (Å²) in [6.07, 6.45) is 5.91. The van der Waals surface area contributed by atoms with Crippen LogP contribution in [0.15, 0.2) is 22.7 Å². The van der Waals surface area contributed by atoms with Gasteiger partial charge in [0.25, 0.3) is 0 Å². The Balaban J connectivity index is 2.19. The summed E-state index contributed by atoms with van der Waals surface area (Å²) >= 11 is 3.46. The molecule has 2 rings (SSSR count). The molecule has 1 nitrogen and oxygen atoms in total. The van der Waals surface area contributed by atoms with Crippen LogP contribution in [0.5, 0.6) is 0 Å². The van der Waals surface area contributed by atoms with Gasteiger partial charge in [-0.1, -0.05) is 41.8 Å². The minimum Gasteiger partial charge on any atom is -0.330 e. The molecule has 100 valence electrons. The number of hydrogen-bond donors (Lipinski definition) is 1. The molecule has 0 aromatic heterocycles. The Hall–Kier alpha value is -0.410. The van der Waals surface area contributed by atoms with Gasteiger partial charge in [0.05, 0.1) is 0 Å². The molecule has 0 spiro atoms. The summed E-state index contributed by atoms with van der Waals surface area (Å²) in [5.74, 6) is 0.561. The van der Waals surface area contributed by atoms with Crippen molar-refractivity contribution in [3.05, 3.63) is 34.1 Å². The van der Waals surface area contributed by atoms with E-state index in [1.165, 1.54) is 37.3 Å². The van der Waals surface area contributed by atoms with Crippen molar-refractivity contribution in [2.45, 2.75) is 39.0 Å². The van der Waals surface area contributed by atoms with Crippen LogP contribution in [0.2, 0.25) is 0 Å². The van der Waals surface area contributed by atoms with Crippen LogP contribution in [0.4, 0.5) is 4.39 Å². The van der Waals surface area contributed by atoms with Gasteiger partial charge in [-0.3, -0.25) is 0 Å². The predicted octanol–water partition coefficient (Wildman–Crippen LogP) is 4.29. The molecule has 3 heteroatoms. The van der Waals surface area contributed by atoms with Gasteiger partial charge in [-0.2, -0.15) is 0 Å². The fraction of sp³-hybridized carbons (Fsp3) is 0.600. The molecular weight excluding hydrogens is 293 g/mol. The lowest BCUT2D eigenvalue weighted by Crippen LogP contribution is -2.37. The molecule has 18 heavy (non-hydrogen) atoms. The standard InChI is InChI=1S/C15H21BrFN/c1-11-3-2-6-15(8-11,10-18)9-12-4-5-13(17)7-14(12)16/h4-5,7,11H,2-3,6,8-10,18H2,1H3. The fourth-order valence-corrected chi connectivity index (χ4v) is 3.75. The first-order valence-electron chi connectivity index (χ1n) is 6.69. The maximum Gasteiger partial charge on any atom is 0.124 e. The van der Waals surface area contributed by atoms with Crippen LogP contribution >= 0.6 is 15.9 Å². The van der Waals surface area contributed by atoms with E-state index in [0.717, 1.165) is 23.4 Å². The van der Waals surface area contributed by atoms with E-state index < -0.39 is 0 Å². The van der Waals surface area contributed by atoms with Crippen molar-refractivity contribution in [1.82, 2.24) is 0 Å². The summed E-state index contributed by atoms with van der Waals surface area (Å²) < 4.78 is 14.0. The molecule has 2 atom stereocenters. The molecule has 1 aliphatic carbocycles. The number of rotatable bonds is 3. The molecule has 0 amide bonds. The second-order valence-corrected chi connectivity index (χ2v) is 6.67. The Morgan fingerprint density at radius 1 is 1.50 bits per heavy atom. The van der Waals surface area contributed by atoms with Crippen molar-refractivity contribution in [2.75, 3.05) is 6.54 Å². The van der Waals surface area contributed by atoms with E-state index in [9.17, 15) is 4.39 Å². The van der Waals surface area contributed by atoms with Gasteiger partial charge in [-0.25, -0.2) is 4.39 Å². The van der Waals surface area contributed by atoms with Gasteiger partial charge < -0.3 is 5.73 Å². The molecule has 0 aliphatic heterocycles. The van der Waals surface area contributed by atoms with E-state index in [2.05, 4.69) is 22.9 Å². The van der Waals surface area contributed by atoms with E-state index >= 15 is 0 Å². The first kappa shape index (κ1) is 14.0. The molecule has 0 heterocycles. The zero-order valence-corrected chi connectivity index (χ0v) is 12.5. The van der Waals surface area contributed by atoms with Crippen molar-refractivity contribution in [3.63, 3.8) is 0 Å². The number of benzene rings is 1. The van der Waals surface area contributed by atoms with Gasteiger partial charge in [0.15, 0.2) is 0 Å². The quantitative estimate of drug-likeness (QED) is 0.885. The van der Waals surface area contributed by atoms with Crippen LogP contribution < -0.4 is 5.73 Å². The lowest BCUT2D eigenvalue weighted by atomic mass is 9.67. The van der Waals surface area contributed by atoms with Crippen LogP contribution in [0.1, 0.15) is 38.2 Å². The van der Waals surface area contributed by atoms with Crippen LogP contribution in [0.3, 0.4) is 0 Å². The third-order valence-corrected chi connectivity index (χ3v) is 4.94.